The number of benzene rings is 2. The van der Waals surface area contributed by atoms with Gasteiger partial charge in [-0.05, 0) is 49.6 Å². The van der Waals surface area contributed by atoms with Gasteiger partial charge in [0.2, 0.25) is 0 Å². The summed E-state index contributed by atoms with van der Waals surface area (Å²) in [6, 6.07) is 12.6. The van der Waals surface area contributed by atoms with Crippen LogP contribution in [0.25, 0.3) is 0 Å². The van der Waals surface area contributed by atoms with Crippen LogP contribution in [-0.2, 0) is 0 Å². The van der Waals surface area contributed by atoms with Crippen LogP contribution in [-0.4, -0.2) is 15.1 Å². The zero-order valence-electron chi connectivity index (χ0n) is 16.1. The molecule has 1 aromatic heterocycles. The van der Waals surface area contributed by atoms with Crippen LogP contribution < -0.4 is 10.6 Å². The van der Waals surface area contributed by atoms with E-state index in [-0.39, 0.29) is 28.8 Å². The third-order valence-electron chi connectivity index (χ3n) is 5.04. The molecule has 4 rings (SSSR count). The van der Waals surface area contributed by atoms with Gasteiger partial charge in [0.05, 0.1) is 4.92 Å². The third-order valence-corrected chi connectivity index (χ3v) is 5.04. The maximum absolute atomic E-state index is 13.2. The number of hydrogen-bond acceptors (Lipinski definition) is 6. The number of nitro benzene ring substituents is 1. The molecule has 1 aliphatic carbocycles. The first kappa shape index (κ1) is 19.4. The molecule has 9 heteroatoms. The van der Waals surface area contributed by atoms with E-state index in [0.29, 0.717) is 17.4 Å². The Hall–Kier alpha value is -3.93. The largest absolute Gasteiger partial charge is 0.378 e. The van der Waals surface area contributed by atoms with E-state index in [4.69, 9.17) is 0 Å². The van der Waals surface area contributed by atoms with Gasteiger partial charge in [0.1, 0.15) is 23.1 Å². The lowest BCUT2D eigenvalue weighted by Crippen LogP contribution is -2.08. The SMILES string of the molecule is C[C@H](Nc1cc(C#N)c([N+](=O)[O-])c(Nc2cc(C3CC3)[nH]n2)c1)c1ccc(F)cc1. The van der Waals surface area contributed by atoms with Crippen molar-refractivity contribution in [2.75, 3.05) is 10.6 Å². The number of nitrogens with zero attached hydrogens (tertiary/aromatic N) is 3. The van der Waals surface area contributed by atoms with E-state index >= 15 is 0 Å². The Morgan fingerprint density at radius 3 is 2.67 bits per heavy atom. The van der Waals surface area contributed by atoms with Gasteiger partial charge in [-0.25, -0.2) is 4.39 Å². The Labute approximate surface area is 171 Å². The molecule has 0 radical (unpaired) electrons. The van der Waals surface area contributed by atoms with Crippen LogP contribution in [0.2, 0.25) is 0 Å². The van der Waals surface area contributed by atoms with Crippen molar-refractivity contribution in [1.82, 2.24) is 10.2 Å². The number of halogens is 1. The number of aromatic amines is 1. The topological polar surface area (TPSA) is 120 Å². The highest BCUT2D eigenvalue weighted by molar-refractivity contribution is 5.78. The molecular weight excluding hydrogens is 387 g/mol. The molecule has 0 amide bonds. The number of nitro groups is 1. The van der Waals surface area contributed by atoms with Crippen molar-refractivity contribution < 1.29 is 9.31 Å². The van der Waals surface area contributed by atoms with Gasteiger partial charge in [-0.3, -0.25) is 15.2 Å². The minimum absolute atomic E-state index is 0.0724. The van der Waals surface area contributed by atoms with Crippen LogP contribution in [0, 0.1) is 27.3 Å². The number of nitrogens with one attached hydrogen (secondary N) is 3. The lowest BCUT2D eigenvalue weighted by molar-refractivity contribution is -0.384. The molecule has 0 bridgehead atoms. The quantitative estimate of drug-likeness (QED) is 0.370. The van der Waals surface area contributed by atoms with E-state index in [1.54, 1.807) is 18.2 Å². The van der Waals surface area contributed by atoms with Crippen molar-refractivity contribution in [1.29, 1.82) is 5.26 Å². The Bertz CT molecular complexity index is 1130. The van der Waals surface area contributed by atoms with Gasteiger partial charge >= 0.3 is 5.69 Å². The summed E-state index contributed by atoms with van der Waals surface area (Å²) < 4.78 is 13.2. The highest BCUT2D eigenvalue weighted by atomic mass is 19.1. The molecule has 152 valence electrons. The van der Waals surface area contributed by atoms with Gasteiger partial charge in [0.25, 0.3) is 0 Å². The number of aromatic nitrogens is 2. The van der Waals surface area contributed by atoms with Crippen LogP contribution in [0.4, 0.5) is 27.3 Å². The zero-order valence-corrected chi connectivity index (χ0v) is 16.1. The summed E-state index contributed by atoms with van der Waals surface area (Å²) in [7, 11) is 0. The van der Waals surface area contributed by atoms with Crippen LogP contribution in [0.3, 0.4) is 0 Å². The van der Waals surface area contributed by atoms with E-state index in [2.05, 4.69) is 20.8 Å². The van der Waals surface area contributed by atoms with Crippen molar-refractivity contribution in [2.45, 2.75) is 31.7 Å². The summed E-state index contributed by atoms with van der Waals surface area (Å²) in [6.07, 6.45) is 2.20. The van der Waals surface area contributed by atoms with Crippen molar-refractivity contribution >= 4 is 22.9 Å². The highest BCUT2D eigenvalue weighted by Crippen LogP contribution is 2.40. The molecule has 1 saturated carbocycles. The molecule has 0 saturated heterocycles. The predicted molar refractivity (Wildman–Crippen MR) is 110 cm³/mol. The summed E-state index contributed by atoms with van der Waals surface area (Å²) in [4.78, 5) is 11.1. The van der Waals surface area contributed by atoms with Crippen LogP contribution in [0.15, 0.2) is 42.5 Å². The average molecular weight is 406 g/mol. The first-order valence-corrected chi connectivity index (χ1v) is 9.51. The highest BCUT2D eigenvalue weighted by Gasteiger charge is 2.27. The van der Waals surface area contributed by atoms with Crippen LogP contribution in [0.1, 0.15) is 48.5 Å². The molecule has 3 aromatic rings. The maximum atomic E-state index is 13.2. The summed E-state index contributed by atoms with van der Waals surface area (Å²) in [5.74, 6) is 0.582. The van der Waals surface area contributed by atoms with Gasteiger partial charge in [-0.1, -0.05) is 12.1 Å². The fourth-order valence-corrected chi connectivity index (χ4v) is 3.32. The van der Waals surface area contributed by atoms with E-state index in [1.165, 1.54) is 18.2 Å². The first-order chi connectivity index (χ1) is 14.4. The molecule has 1 fully saturated rings. The summed E-state index contributed by atoms with van der Waals surface area (Å²) in [5, 5.41) is 34.4. The Kier molecular flexibility index (Phi) is 5.06. The Balaban J connectivity index is 1.65. The Morgan fingerprint density at radius 1 is 1.30 bits per heavy atom. The standard InChI is InChI=1S/C21H19FN6O2/c1-12(13-4-6-16(22)7-5-13)24-17-8-15(11-23)21(28(29)30)19(9-17)25-20-10-18(26-27-20)14-2-3-14/h4-10,12,14,24H,2-3H2,1H3,(H2,25,26,27)/t12-/m0/s1. The van der Waals surface area contributed by atoms with Crippen molar-refractivity contribution in [2.24, 2.45) is 0 Å². The fraction of sp³-hybridized carbons (Fsp3) is 0.238. The lowest BCUT2D eigenvalue weighted by atomic mass is 10.1. The van der Waals surface area contributed by atoms with Crippen LogP contribution >= 0.6 is 0 Å². The molecule has 0 aliphatic heterocycles. The average Bonchev–Trinajstić information content (AvgIpc) is 3.47. The molecule has 1 aliphatic rings. The van der Waals surface area contributed by atoms with E-state index in [1.807, 2.05) is 19.1 Å². The fourth-order valence-electron chi connectivity index (χ4n) is 3.32. The van der Waals surface area contributed by atoms with Gasteiger partial charge < -0.3 is 10.6 Å². The van der Waals surface area contributed by atoms with Gasteiger partial charge in [-0.2, -0.15) is 10.4 Å². The molecule has 0 unspecified atom stereocenters. The summed E-state index contributed by atoms with van der Waals surface area (Å²) in [6.45, 7) is 1.88. The third kappa shape index (κ3) is 4.07. The molecule has 3 N–H and O–H groups in total. The monoisotopic (exact) mass is 406 g/mol. The molecular formula is C21H19FN6O2. The van der Waals surface area contributed by atoms with Gasteiger partial charge in [-0.15, -0.1) is 0 Å². The Morgan fingerprint density at radius 2 is 2.03 bits per heavy atom. The van der Waals surface area contributed by atoms with Gasteiger partial charge in [0, 0.05) is 29.4 Å². The minimum atomic E-state index is -0.581. The number of hydrogen-bond donors (Lipinski definition) is 3. The summed E-state index contributed by atoms with van der Waals surface area (Å²) >= 11 is 0. The normalized spacial score (nSPS) is 14.0. The second-order valence-electron chi connectivity index (χ2n) is 7.31. The molecule has 0 spiro atoms. The zero-order chi connectivity index (χ0) is 21.3. The number of anilines is 3. The molecule has 2 aromatic carbocycles. The summed E-state index contributed by atoms with van der Waals surface area (Å²) in [5.41, 5.74) is 2.13. The van der Waals surface area contributed by atoms with E-state index < -0.39 is 4.92 Å². The van der Waals surface area contributed by atoms with Gasteiger partial charge in [0.15, 0.2) is 5.82 Å². The molecule has 30 heavy (non-hydrogen) atoms. The van der Waals surface area contributed by atoms with Crippen LogP contribution in [0.5, 0.6) is 0 Å². The smallest absolute Gasteiger partial charge is 0.310 e. The van der Waals surface area contributed by atoms with E-state index in [9.17, 15) is 19.8 Å². The maximum Gasteiger partial charge on any atom is 0.310 e. The molecule has 1 atom stereocenters. The van der Waals surface area contributed by atoms with E-state index in [0.717, 1.165) is 24.1 Å². The first-order valence-electron chi connectivity index (χ1n) is 9.51. The molecule has 8 nitrogen and oxygen atoms in total. The molecule has 1 heterocycles. The minimum Gasteiger partial charge on any atom is -0.378 e. The lowest BCUT2D eigenvalue weighted by Gasteiger charge is -2.17. The van der Waals surface area contributed by atoms with Crippen molar-refractivity contribution in [3.05, 3.63) is 75.2 Å². The predicted octanol–water partition coefficient (Wildman–Crippen LogP) is 5.12. The number of nitriles is 1. The second kappa shape index (κ2) is 7.83. The van der Waals surface area contributed by atoms with Crippen molar-refractivity contribution in [3.8, 4) is 6.07 Å². The van der Waals surface area contributed by atoms with Crippen molar-refractivity contribution in [3.63, 3.8) is 0 Å². The second-order valence-corrected chi connectivity index (χ2v) is 7.31. The number of rotatable bonds is 7. The number of H-pyrrole nitrogens is 1.